The fraction of sp³-hybridized carbons (Fsp3) is 0.312. The molecular formula is C16H16BrN5. The van der Waals surface area contributed by atoms with Crippen molar-refractivity contribution < 1.29 is 0 Å². The molecule has 3 aromatic rings. The molecule has 0 N–H and O–H groups in total. The van der Waals surface area contributed by atoms with E-state index in [1.54, 1.807) is 6.33 Å². The summed E-state index contributed by atoms with van der Waals surface area (Å²) in [5.74, 6) is 1.65. The molecule has 6 heteroatoms. The first-order valence-electron chi connectivity index (χ1n) is 7.33. The summed E-state index contributed by atoms with van der Waals surface area (Å²) >= 11 is 3.53. The van der Waals surface area contributed by atoms with E-state index in [4.69, 9.17) is 0 Å². The van der Waals surface area contributed by atoms with E-state index in [-0.39, 0.29) is 0 Å². The SMILES string of the molecule is Cc1cnn(CC2CN(c3ncnc4ccc(Br)cc34)C2)c1. The molecule has 0 radical (unpaired) electrons. The number of halogens is 1. The van der Waals surface area contributed by atoms with Crippen molar-refractivity contribution in [1.82, 2.24) is 19.7 Å². The highest BCUT2D eigenvalue weighted by Crippen LogP contribution is 2.31. The number of benzene rings is 1. The standard InChI is InChI=1S/C16H16BrN5/c1-11-5-20-22(6-11)9-12-7-21(8-12)16-14-4-13(17)2-3-15(14)18-10-19-16/h2-6,10,12H,7-9H2,1H3. The van der Waals surface area contributed by atoms with Crippen molar-refractivity contribution in [2.75, 3.05) is 18.0 Å². The van der Waals surface area contributed by atoms with Crippen molar-refractivity contribution in [3.63, 3.8) is 0 Å². The second-order valence-corrected chi connectivity index (χ2v) is 6.79. The van der Waals surface area contributed by atoms with Gasteiger partial charge in [0.05, 0.1) is 11.7 Å². The van der Waals surface area contributed by atoms with Gasteiger partial charge in [-0.1, -0.05) is 15.9 Å². The first-order valence-corrected chi connectivity index (χ1v) is 8.12. The molecule has 0 amide bonds. The van der Waals surface area contributed by atoms with Crippen molar-refractivity contribution in [1.29, 1.82) is 0 Å². The number of aromatic nitrogens is 4. The maximum absolute atomic E-state index is 4.49. The Morgan fingerprint density at radius 3 is 2.91 bits per heavy atom. The Balaban J connectivity index is 1.52. The van der Waals surface area contributed by atoms with Crippen LogP contribution in [0.3, 0.4) is 0 Å². The Kier molecular flexibility index (Phi) is 3.33. The summed E-state index contributed by atoms with van der Waals surface area (Å²) < 4.78 is 3.09. The van der Waals surface area contributed by atoms with Crippen LogP contribution in [0.2, 0.25) is 0 Å². The smallest absolute Gasteiger partial charge is 0.139 e. The van der Waals surface area contributed by atoms with Crippen molar-refractivity contribution in [2.45, 2.75) is 13.5 Å². The Bertz CT molecular complexity index is 822. The van der Waals surface area contributed by atoms with Crippen LogP contribution in [-0.2, 0) is 6.54 Å². The van der Waals surface area contributed by atoms with Crippen LogP contribution in [0.4, 0.5) is 5.82 Å². The van der Waals surface area contributed by atoms with Gasteiger partial charge in [-0.3, -0.25) is 4.68 Å². The van der Waals surface area contributed by atoms with E-state index >= 15 is 0 Å². The molecule has 1 aliphatic rings. The van der Waals surface area contributed by atoms with Crippen LogP contribution in [-0.4, -0.2) is 32.8 Å². The predicted octanol–water partition coefficient (Wildman–Crippen LogP) is 3.03. The molecule has 112 valence electrons. The largest absolute Gasteiger partial charge is 0.355 e. The third kappa shape index (κ3) is 2.47. The molecule has 3 heterocycles. The summed E-state index contributed by atoms with van der Waals surface area (Å²) in [5.41, 5.74) is 2.20. The number of fused-ring (bicyclic) bond motifs is 1. The molecule has 1 aliphatic heterocycles. The monoisotopic (exact) mass is 357 g/mol. The van der Waals surface area contributed by atoms with Gasteiger partial charge in [0, 0.05) is 41.6 Å². The van der Waals surface area contributed by atoms with Crippen molar-refractivity contribution in [3.8, 4) is 0 Å². The molecule has 2 aromatic heterocycles. The van der Waals surface area contributed by atoms with Gasteiger partial charge in [-0.2, -0.15) is 5.10 Å². The number of nitrogens with zero attached hydrogens (tertiary/aromatic N) is 5. The fourth-order valence-electron chi connectivity index (χ4n) is 2.96. The summed E-state index contributed by atoms with van der Waals surface area (Å²) in [7, 11) is 0. The molecule has 0 saturated carbocycles. The van der Waals surface area contributed by atoms with E-state index < -0.39 is 0 Å². The summed E-state index contributed by atoms with van der Waals surface area (Å²) in [4.78, 5) is 11.1. The first kappa shape index (κ1) is 13.7. The molecule has 1 aromatic carbocycles. The highest BCUT2D eigenvalue weighted by Gasteiger charge is 2.29. The summed E-state index contributed by atoms with van der Waals surface area (Å²) in [6, 6.07) is 6.13. The molecule has 5 nitrogen and oxygen atoms in total. The van der Waals surface area contributed by atoms with Gasteiger partial charge in [-0.15, -0.1) is 0 Å². The number of rotatable bonds is 3. The minimum Gasteiger partial charge on any atom is -0.355 e. The van der Waals surface area contributed by atoms with Gasteiger partial charge in [0.15, 0.2) is 0 Å². The van der Waals surface area contributed by atoms with Crippen molar-refractivity contribution in [2.24, 2.45) is 5.92 Å². The molecular weight excluding hydrogens is 342 g/mol. The minimum atomic E-state index is 0.622. The molecule has 4 rings (SSSR count). The average molecular weight is 358 g/mol. The van der Waals surface area contributed by atoms with Gasteiger partial charge in [-0.25, -0.2) is 9.97 Å². The third-order valence-electron chi connectivity index (χ3n) is 4.04. The number of anilines is 1. The lowest BCUT2D eigenvalue weighted by Gasteiger charge is -2.40. The zero-order valence-corrected chi connectivity index (χ0v) is 13.9. The van der Waals surface area contributed by atoms with Crippen molar-refractivity contribution >= 4 is 32.7 Å². The molecule has 0 spiro atoms. The van der Waals surface area contributed by atoms with Crippen LogP contribution >= 0.6 is 15.9 Å². The topological polar surface area (TPSA) is 46.8 Å². The van der Waals surface area contributed by atoms with Crippen LogP contribution in [0, 0.1) is 12.8 Å². The number of hydrogen-bond acceptors (Lipinski definition) is 4. The van der Waals surface area contributed by atoms with Gasteiger partial charge >= 0.3 is 0 Å². The predicted molar refractivity (Wildman–Crippen MR) is 89.9 cm³/mol. The summed E-state index contributed by atoms with van der Waals surface area (Å²) in [6.45, 7) is 5.06. The van der Waals surface area contributed by atoms with Crippen LogP contribution in [0.15, 0.2) is 41.4 Å². The highest BCUT2D eigenvalue weighted by atomic mass is 79.9. The molecule has 0 aliphatic carbocycles. The zero-order valence-electron chi connectivity index (χ0n) is 12.3. The Morgan fingerprint density at radius 1 is 1.27 bits per heavy atom. The normalized spacial score (nSPS) is 15.3. The molecule has 0 unspecified atom stereocenters. The Labute approximate surface area is 137 Å². The Hall–Kier alpha value is -1.95. The number of aryl methyl sites for hydroxylation is 1. The van der Waals surface area contributed by atoms with E-state index in [1.807, 2.05) is 23.0 Å². The van der Waals surface area contributed by atoms with E-state index in [0.717, 1.165) is 40.8 Å². The number of hydrogen-bond donors (Lipinski definition) is 0. The average Bonchev–Trinajstić information content (AvgIpc) is 2.87. The van der Waals surface area contributed by atoms with E-state index in [9.17, 15) is 0 Å². The van der Waals surface area contributed by atoms with Gasteiger partial charge in [-0.05, 0) is 30.7 Å². The lowest BCUT2D eigenvalue weighted by atomic mass is 9.99. The Morgan fingerprint density at radius 2 is 2.14 bits per heavy atom. The maximum atomic E-state index is 4.49. The van der Waals surface area contributed by atoms with E-state index in [0.29, 0.717) is 5.92 Å². The minimum absolute atomic E-state index is 0.622. The van der Waals surface area contributed by atoms with Crippen LogP contribution in [0.5, 0.6) is 0 Å². The maximum Gasteiger partial charge on any atom is 0.139 e. The van der Waals surface area contributed by atoms with Crippen LogP contribution in [0.1, 0.15) is 5.56 Å². The fourth-order valence-corrected chi connectivity index (χ4v) is 3.32. The van der Waals surface area contributed by atoms with Gasteiger partial charge < -0.3 is 4.90 Å². The van der Waals surface area contributed by atoms with Crippen LogP contribution in [0.25, 0.3) is 10.9 Å². The lowest BCUT2D eigenvalue weighted by molar-refractivity contribution is 0.341. The zero-order chi connectivity index (χ0) is 15.1. The molecule has 0 bridgehead atoms. The second kappa shape index (κ2) is 5.35. The molecule has 1 fully saturated rings. The van der Waals surface area contributed by atoms with Gasteiger partial charge in [0.2, 0.25) is 0 Å². The van der Waals surface area contributed by atoms with E-state index in [2.05, 4.69) is 55.1 Å². The van der Waals surface area contributed by atoms with Crippen LogP contribution < -0.4 is 4.90 Å². The van der Waals surface area contributed by atoms with Crippen molar-refractivity contribution in [3.05, 3.63) is 47.0 Å². The summed E-state index contributed by atoms with van der Waals surface area (Å²) in [6.07, 6.45) is 5.65. The summed E-state index contributed by atoms with van der Waals surface area (Å²) in [5, 5.41) is 5.47. The quantitative estimate of drug-likeness (QED) is 0.722. The van der Waals surface area contributed by atoms with E-state index in [1.165, 1.54) is 5.56 Å². The molecule has 0 atom stereocenters. The molecule has 1 saturated heterocycles. The highest BCUT2D eigenvalue weighted by molar-refractivity contribution is 9.10. The molecule has 22 heavy (non-hydrogen) atoms. The van der Waals surface area contributed by atoms with Gasteiger partial charge in [0.1, 0.15) is 12.1 Å². The first-order chi connectivity index (χ1) is 10.7. The second-order valence-electron chi connectivity index (χ2n) is 5.87. The lowest BCUT2D eigenvalue weighted by Crippen LogP contribution is -2.49. The third-order valence-corrected chi connectivity index (χ3v) is 4.53. The van der Waals surface area contributed by atoms with Gasteiger partial charge in [0.25, 0.3) is 0 Å².